The monoisotopic (exact) mass is 792 g/mol. The molecule has 0 saturated heterocycles. The maximum absolute atomic E-state index is 9.74. The van der Waals surface area contributed by atoms with E-state index in [0.29, 0.717) is 11.1 Å². The molecule has 0 N–H and O–H groups in total. The van der Waals surface area contributed by atoms with Crippen molar-refractivity contribution in [2.75, 3.05) is 0 Å². The summed E-state index contributed by atoms with van der Waals surface area (Å²) in [4.78, 5) is 15.0. The van der Waals surface area contributed by atoms with Crippen LogP contribution >= 0.6 is 11.3 Å². The summed E-state index contributed by atoms with van der Waals surface area (Å²) in [5.74, 6) is 0.435. The van der Waals surface area contributed by atoms with E-state index < -0.39 is 48.3 Å². The molecule has 0 aliphatic rings. The van der Waals surface area contributed by atoms with Gasteiger partial charge in [0.2, 0.25) is 0 Å². The van der Waals surface area contributed by atoms with Gasteiger partial charge in [0.15, 0.2) is 17.5 Å². The topological polar surface area (TPSA) is 51.8 Å². The molecule has 12 aromatic rings. The summed E-state index contributed by atoms with van der Waals surface area (Å²) in [7, 11) is 0. The SMILES string of the molecule is [2H]c1c(-c2nc(-c3cccc(-c4ccc(-c5ccccc5)cc4)c3)nc(-c3ccc4c(c3)sc3cccc(-c5ccccc5)c34)n2)c([2H])c2c(oc3c4c([2H])c([2H])c([2H])c([2H])c4c([2H])c([2H])c32)c1[2H]. The number of benzene rings is 9. The third-order valence-electron chi connectivity index (χ3n) is 10.8. The van der Waals surface area contributed by atoms with Crippen molar-refractivity contribution in [1.82, 2.24) is 15.0 Å². The second-order valence-corrected chi connectivity index (χ2v) is 15.5. The predicted octanol–water partition coefficient (Wildman–Crippen LogP) is 15.3. The fraction of sp³-hybridized carbons (Fsp3) is 0. The van der Waals surface area contributed by atoms with Crippen LogP contribution in [0.4, 0.5) is 0 Å². The summed E-state index contributed by atoms with van der Waals surface area (Å²) in [5, 5.41) is 1.68. The molecule has 0 saturated carbocycles. The van der Waals surface area contributed by atoms with Gasteiger partial charge in [0.1, 0.15) is 11.2 Å². The third-order valence-corrected chi connectivity index (χ3v) is 11.9. The molecule has 0 radical (unpaired) electrons. The Hall–Kier alpha value is -7.73. The zero-order valence-corrected chi connectivity index (χ0v) is 32.3. The van der Waals surface area contributed by atoms with Gasteiger partial charge in [-0.05, 0) is 81.1 Å². The smallest absolute Gasteiger partial charge is 0.164 e. The zero-order valence-electron chi connectivity index (χ0n) is 40.5. The van der Waals surface area contributed by atoms with Gasteiger partial charge in [-0.15, -0.1) is 11.3 Å². The number of hydrogen-bond donors (Lipinski definition) is 0. The van der Waals surface area contributed by atoms with Gasteiger partial charge in [-0.3, -0.25) is 0 Å². The first-order chi connectivity index (χ1) is 33.5. The Bertz CT molecular complexity index is 4120. The van der Waals surface area contributed by atoms with Crippen LogP contribution in [-0.4, -0.2) is 15.0 Å². The van der Waals surface area contributed by atoms with Crippen LogP contribution in [0.1, 0.15) is 12.3 Å². The maximum Gasteiger partial charge on any atom is 0.164 e. The highest BCUT2D eigenvalue weighted by atomic mass is 32.1. The third kappa shape index (κ3) is 5.86. The highest BCUT2D eigenvalue weighted by Crippen LogP contribution is 2.42. The van der Waals surface area contributed by atoms with Crippen molar-refractivity contribution in [3.63, 3.8) is 0 Å². The van der Waals surface area contributed by atoms with Gasteiger partial charge in [-0.2, -0.15) is 0 Å². The van der Waals surface area contributed by atoms with Gasteiger partial charge < -0.3 is 4.42 Å². The summed E-state index contributed by atoms with van der Waals surface area (Å²) >= 11 is 1.65. The van der Waals surface area contributed by atoms with Gasteiger partial charge in [0.25, 0.3) is 0 Å². The van der Waals surface area contributed by atoms with Crippen LogP contribution in [0.15, 0.2) is 204 Å². The highest BCUT2D eigenvalue weighted by Gasteiger charge is 2.18. The summed E-state index contributed by atoms with van der Waals surface area (Å²) < 4.78 is 88.8. The van der Waals surface area contributed by atoms with Gasteiger partial charge in [0.05, 0.1) is 12.3 Å². The van der Waals surface area contributed by atoms with Crippen LogP contribution in [0.3, 0.4) is 0 Å². The number of thiophene rings is 1. The number of fused-ring (bicyclic) bond motifs is 8. The van der Waals surface area contributed by atoms with Crippen LogP contribution in [-0.2, 0) is 0 Å². The minimum Gasteiger partial charge on any atom is -0.455 e. The number of furan rings is 1. The molecule has 0 aliphatic carbocycles. The Balaban J connectivity index is 1.08. The first-order valence-electron chi connectivity index (χ1n) is 23.9. The van der Waals surface area contributed by atoms with Crippen LogP contribution in [0.2, 0.25) is 0 Å². The first-order valence-corrected chi connectivity index (χ1v) is 20.2. The molecule has 0 unspecified atom stereocenters. The zero-order chi connectivity index (χ0) is 47.4. The molecule has 3 aromatic heterocycles. The molecule has 280 valence electrons. The van der Waals surface area contributed by atoms with Crippen LogP contribution in [0.5, 0.6) is 0 Å². The molecule has 12 rings (SSSR count). The number of hydrogen-bond acceptors (Lipinski definition) is 5. The Kier molecular flexibility index (Phi) is 6.13. The standard InChI is InChI=1S/C55H33N3OS/c1-3-11-34(12-4-1)35-21-23-36(24-22-35)39-16-9-17-40(31-39)53-56-54(41-27-30-48-47(32-41)45-28-25-38-15-7-8-18-44(38)52(45)59-48)58-55(57-53)42-26-29-46-50(33-42)60-49-20-10-19-43(51(46)49)37-13-5-2-6-14-37/h1-33H/i7D,8D,15D,18D,25D,27D,28D,30D,32D. The van der Waals surface area contributed by atoms with Gasteiger partial charge in [-0.25, -0.2) is 15.0 Å². The Morgan fingerprint density at radius 1 is 0.417 bits per heavy atom. The van der Waals surface area contributed by atoms with Crippen molar-refractivity contribution in [2.24, 2.45) is 0 Å². The van der Waals surface area contributed by atoms with Crippen molar-refractivity contribution in [1.29, 1.82) is 0 Å². The molecule has 9 aromatic carbocycles. The van der Waals surface area contributed by atoms with Crippen LogP contribution < -0.4 is 0 Å². The Labute approximate surface area is 362 Å². The van der Waals surface area contributed by atoms with E-state index >= 15 is 0 Å². The van der Waals surface area contributed by atoms with Gasteiger partial charge in [0, 0.05) is 53.0 Å². The van der Waals surface area contributed by atoms with E-state index in [0.717, 1.165) is 53.6 Å². The van der Waals surface area contributed by atoms with E-state index in [-0.39, 0.29) is 61.8 Å². The maximum atomic E-state index is 9.74. The quantitative estimate of drug-likeness (QED) is 0.168. The van der Waals surface area contributed by atoms with Crippen LogP contribution in [0.25, 0.3) is 120 Å². The van der Waals surface area contributed by atoms with Crippen molar-refractivity contribution < 1.29 is 16.8 Å². The molecule has 3 heterocycles. The van der Waals surface area contributed by atoms with Crippen LogP contribution in [0, 0.1) is 0 Å². The molecule has 0 bridgehead atoms. The molecule has 0 amide bonds. The summed E-state index contributed by atoms with van der Waals surface area (Å²) in [5.41, 5.74) is 7.01. The summed E-state index contributed by atoms with van der Waals surface area (Å²) in [6.07, 6.45) is 0. The van der Waals surface area contributed by atoms with Crippen molar-refractivity contribution in [3.8, 4) is 67.5 Å². The van der Waals surface area contributed by atoms with Crippen molar-refractivity contribution >= 4 is 64.2 Å². The molecule has 60 heavy (non-hydrogen) atoms. The lowest BCUT2D eigenvalue weighted by atomic mass is 9.99. The molecule has 5 heteroatoms. The second kappa shape index (κ2) is 14.0. The molecular weight excluding hydrogens is 751 g/mol. The Morgan fingerprint density at radius 3 is 1.85 bits per heavy atom. The van der Waals surface area contributed by atoms with Crippen molar-refractivity contribution in [3.05, 3.63) is 200 Å². The minimum absolute atomic E-state index is 0.0702. The van der Waals surface area contributed by atoms with E-state index in [4.69, 9.17) is 27.6 Å². The van der Waals surface area contributed by atoms with Gasteiger partial charge in [-0.1, -0.05) is 158 Å². The molecule has 0 spiro atoms. The fourth-order valence-corrected chi connectivity index (χ4v) is 9.09. The fourth-order valence-electron chi connectivity index (χ4n) is 7.92. The summed E-state index contributed by atoms with van der Waals surface area (Å²) in [6.45, 7) is 0. The largest absolute Gasteiger partial charge is 0.455 e. The first kappa shape index (κ1) is 26.3. The lowest BCUT2D eigenvalue weighted by Crippen LogP contribution is -2.00. The van der Waals surface area contributed by atoms with E-state index in [9.17, 15) is 4.11 Å². The van der Waals surface area contributed by atoms with Gasteiger partial charge >= 0.3 is 0 Å². The second-order valence-electron chi connectivity index (χ2n) is 14.4. The van der Waals surface area contributed by atoms with Crippen molar-refractivity contribution in [2.45, 2.75) is 0 Å². The minimum atomic E-state index is -0.565. The van der Waals surface area contributed by atoms with E-state index in [1.165, 1.54) is 0 Å². The van der Waals surface area contributed by atoms with E-state index in [1.807, 2.05) is 72.8 Å². The van der Waals surface area contributed by atoms with E-state index in [2.05, 4.69) is 72.8 Å². The number of rotatable bonds is 6. The number of nitrogens with zero attached hydrogens (tertiary/aromatic N) is 3. The molecule has 0 atom stereocenters. The average Bonchev–Trinajstić information content (AvgIpc) is 3.98. The van der Waals surface area contributed by atoms with E-state index in [1.54, 1.807) is 11.3 Å². The molecule has 0 fully saturated rings. The molecule has 0 aliphatic heterocycles. The molecule has 4 nitrogen and oxygen atoms in total. The summed E-state index contributed by atoms with van der Waals surface area (Å²) in [6, 6.07) is 44.5. The predicted molar refractivity (Wildman–Crippen MR) is 250 cm³/mol. The Morgan fingerprint density at radius 2 is 1.05 bits per heavy atom. The lowest BCUT2D eigenvalue weighted by Gasteiger charge is -2.10. The normalized spacial score (nSPS) is 13.8. The molecular formula is C55H33N3OS. The lowest BCUT2D eigenvalue weighted by molar-refractivity contribution is 0.672. The highest BCUT2D eigenvalue weighted by molar-refractivity contribution is 7.26. The average molecular weight is 793 g/mol. The number of aromatic nitrogens is 3.